The topological polar surface area (TPSA) is 68.5 Å². The van der Waals surface area contributed by atoms with E-state index in [0.29, 0.717) is 23.6 Å². The van der Waals surface area contributed by atoms with Crippen molar-refractivity contribution >= 4 is 11.9 Å². The number of esters is 1. The van der Waals surface area contributed by atoms with E-state index in [1.165, 1.54) is 5.56 Å². The van der Waals surface area contributed by atoms with Gasteiger partial charge in [0.15, 0.2) is 6.61 Å². The van der Waals surface area contributed by atoms with Crippen molar-refractivity contribution in [2.24, 2.45) is 0 Å². The highest BCUT2D eigenvalue weighted by atomic mass is 16.5. The Labute approximate surface area is 135 Å². The van der Waals surface area contributed by atoms with E-state index in [0.717, 1.165) is 12.8 Å². The molecular weight excluding hydrogens is 294 g/mol. The van der Waals surface area contributed by atoms with Crippen LogP contribution in [0.5, 0.6) is 0 Å². The molecule has 0 saturated carbocycles. The van der Waals surface area contributed by atoms with Gasteiger partial charge in [-0.2, -0.15) is 0 Å². The molecule has 1 amide bonds. The lowest BCUT2D eigenvalue weighted by atomic mass is 10.1. The summed E-state index contributed by atoms with van der Waals surface area (Å²) in [4.78, 5) is 23.5. The Hall–Kier alpha value is -2.56. The molecule has 1 heterocycles. The Morgan fingerprint density at radius 3 is 2.57 bits per heavy atom. The first kappa shape index (κ1) is 16.8. The number of furan rings is 1. The van der Waals surface area contributed by atoms with Crippen molar-refractivity contribution in [2.75, 3.05) is 13.2 Å². The van der Waals surface area contributed by atoms with E-state index in [1.807, 2.05) is 18.2 Å². The maximum absolute atomic E-state index is 11.8. The molecule has 0 aliphatic heterocycles. The van der Waals surface area contributed by atoms with E-state index >= 15 is 0 Å². The fraction of sp³-hybridized carbons (Fsp3) is 0.333. The molecule has 1 aromatic heterocycles. The van der Waals surface area contributed by atoms with E-state index in [9.17, 15) is 9.59 Å². The Bertz CT molecular complexity index is 661. The maximum atomic E-state index is 11.8. The van der Waals surface area contributed by atoms with Crippen LogP contribution in [-0.2, 0) is 16.0 Å². The number of hydrogen-bond donors (Lipinski definition) is 1. The molecular formula is C18H21NO4. The SMILES string of the molecule is Cc1cc(C(=O)OCC(=O)NCCCc2ccccc2)c(C)o1. The monoisotopic (exact) mass is 315 g/mol. The highest BCUT2D eigenvalue weighted by Crippen LogP contribution is 2.14. The molecule has 1 aromatic carbocycles. The highest BCUT2D eigenvalue weighted by molar-refractivity contribution is 5.92. The average molecular weight is 315 g/mol. The fourth-order valence-electron chi connectivity index (χ4n) is 2.26. The highest BCUT2D eigenvalue weighted by Gasteiger charge is 2.16. The van der Waals surface area contributed by atoms with E-state index in [1.54, 1.807) is 19.9 Å². The molecule has 0 fully saturated rings. The number of carbonyl (C=O) groups excluding carboxylic acids is 2. The zero-order chi connectivity index (χ0) is 16.7. The van der Waals surface area contributed by atoms with Crippen molar-refractivity contribution in [1.29, 1.82) is 0 Å². The van der Waals surface area contributed by atoms with Crippen LogP contribution < -0.4 is 5.32 Å². The minimum absolute atomic E-state index is 0.284. The quantitative estimate of drug-likeness (QED) is 0.630. The predicted molar refractivity (Wildman–Crippen MR) is 86.2 cm³/mol. The van der Waals surface area contributed by atoms with Crippen molar-refractivity contribution in [3.8, 4) is 0 Å². The molecule has 5 nitrogen and oxygen atoms in total. The average Bonchev–Trinajstić information content (AvgIpc) is 2.89. The Morgan fingerprint density at radius 2 is 1.91 bits per heavy atom. The summed E-state index contributed by atoms with van der Waals surface area (Å²) in [7, 11) is 0. The molecule has 0 saturated heterocycles. The van der Waals surface area contributed by atoms with Crippen molar-refractivity contribution < 1.29 is 18.7 Å². The molecule has 0 aliphatic rings. The van der Waals surface area contributed by atoms with Crippen LogP contribution in [0, 0.1) is 13.8 Å². The lowest BCUT2D eigenvalue weighted by molar-refractivity contribution is -0.124. The molecule has 1 N–H and O–H groups in total. The molecule has 5 heteroatoms. The van der Waals surface area contributed by atoms with Crippen LogP contribution in [0.25, 0.3) is 0 Å². The van der Waals surface area contributed by atoms with Crippen molar-refractivity contribution in [2.45, 2.75) is 26.7 Å². The standard InChI is InChI=1S/C18H21NO4/c1-13-11-16(14(2)23-13)18(21)22-12-17(20)19-10-6-9-15-7-4-3-5-8-15/h3-5,7-8,11H,6,9-10,12H2,1-2H3,(H,19,20). The van der Waals surface area contributed by atoms with Gasteiger partial charge in [0.1, 0.15) is 17.1 Å². The van der Waals surface area contributed by atoms with Gasteiger partial charge in [0.05, 0.1) is 0 Å². The third-order valence-corrected chi connectivity index (χ3v) is 3.40. The molecule has 2 rings (SSSR count). The van der Waals surface area contributed by atoms with Crippen LogP contribution in [0.4, 0.5) is 0 Å². The molecule has 0 aliphatic carbocycles. The number of rotatable bonds is 7. The number of carbonyl (C=O) groups is 2. The second-order valence-corrected chi connectivity index (χ2v) is 5.34. The summed E-state index contributed by atoms with van der Waals surface area (Å²) in [5.74, 6) is 0.290. The predicted octanol–water partition coefficient (Wildman–Crippen LogP) is 2.80. The second-order valence-electron chi connectivity index (χ2n) is 5.34. The summed E-state index contributed by atoms with van der Waals surface area (Å²) in [6.07, 6.45) is 1.73. The third-order valence-electron chi connectivity index (χ3n) is 3.40. The van der Waals surface area contributed by atoms with Crippen molar-refractivity contribution in [3.63, 3.8) is 0 Å². The molecule has 0 atom stereocenters. The summed E-state index contributed by atoms with van der Waals surface area (Å²) >= 11 is 0. The summed E-state index contributed by atoms with van der Waals surface area (Å²) in [5, 5.41) is 2.74. The number of amides is 1. The first-order chi connectivity index (χ1) is 11.1. The maximum Gasteiger partial charge on any atom is 0.342 e. The molecule has 2 aromatic rings. The zero-order valence-electron chi connectivity index (χ0n) is 13.4. The normalized spacial score (nSPS) is 10.3. The lowest BCUT2D eigenvalue weighted by Crippen LogP contribution is -2.29. The molecule has 0 unspecified atom stereocenters. The van der Waals surface area contributed by atoms with Crippen LogP contribution in [0.2, 0.25) is 0 Å². The molecule has 122 valence electrons. The minimum atomic E-state index is -0.543. The summed E-state index contributed by atoms with van der Waals surface area (Å²) in [6, 6.07) is 11.7. The van der Waals surface area contributed by atoms with Crippen molar-refractivity contribution in [1.82, 2.24) is 5.32 Å². The Balaban J connectivity index is 1.65. The number of hydrogen-bond acceptors (Lipinski definition) is 4. The van der Waals surface area contributed by atoms with E-state index < -0.39 is 5.97 Å². The minimum Gasteiger partial charge on any atom is -0.466 e. The number of aryl methyl sites for hydroxylation is 3. The van der Waals surface area contributed by atoms with Gasteiger partial charge in [-0.25, -0.2) is 4.79 Å². The van der Waals surface area contributed by atoms with E-state index in [-0.39, 0.29) is 12.5 Å². The van der Waals surface area contributed by atoms with E-state index in [4.69, 9.17) is 9.15 Å². The van der Waals surface area contributed by atoms with Crippen LogP contribution in [0.15, 0.2) is 40.8 Å². The van der Waals surface area contributed by atoms with E-state index in [2.05, 4.69) is 17.4 Å². The summed E-state index contributed by atoms with van der Waals surface area (Å²) < 4.78 is 10.3. The first-order valence-corrected chi connectivity index (χ1v) is 7.61. The third kappa shape index (κ3) is 5.29. The lowest BCUT2D eigenvalue weighted by Gasteiger charge is -2.06. The van der Waals surface area contributed by atoms with Gasteiger partial charge in [-0.1, -0.05) is 30.3 Å². The Kier molecular flexibility index (Phi) is 5.97. The molecule has 23 heavy (non-hydrogen) atoms. The summed E-state index contributed by atoms with van der Waals surface area (Å²) in [5.41, 5.74) is 1.60. The second kappa shape index (κ2) is 8.17. The summed E-state index contributed by atoms with van der Waals surface area (Å²) in [6.45, 7) is 3.71. The Morgan fingerprint density at radius 1 is 1.17 bits per heavy atom. The number of ether oxygens (including phenoxy) is 1. The van der Waals surface area contributed by atoms with Gasteiger partial charge in [0, 0.05) is 6.54 Å². The zero-order valence-corrected chi connectivity index (χ0v) is 13.4. The number of benzene rings is 1. The van der Waals surface area contributed by atoms with Gasteiger partial charge in [-0.05, 0) is 38.3 Å². The van der Waals surface area contributed by atoms with Gasteiger partial charge in [0.25, 0.3) is 5.91 Å². The molecule has 0 radical (unpaired) electrons. The molecule has 0 spiro atoms. The van der Waals surface area contributed by atoms with Gasteiger partial charge in [0.2, 0.25) is 0 Å². The fourth-order valence-corrected chi connectivity index (χ4v) is 2.26. The van der Waals surface area contributed by atoms with Gasteiger partial charge in [-0.15, -0.1) is 0 Å². The molecule has 0 bridgehead atoms. The van der Waals surface area contributed by atoms with Gasteiger partial charge < -0.3 is 14.5 Å². The van der Waals surface area contributed by atoms with Crippen LogP contribution in [-0.4, -0.2) is 25.0 Å². The number of nitrogens with one attached hydrogen (secondary N) is 1. The van der Waals surface area contributed by atoms with Crippen LogP contribution >= 0.6 is 0 Å². The van der Waals surface area contributed by atoms with Gasteiger partial charge in [-0.3, -0.25) is 4.79 Å². The largest absolute Gasteiger partial charge is 0.466 e. The van der Waals surface area contributed by atoms with Crippen LogP contribution in [0.1, 0.15) is 33.9 Å². The first-order valence-electron chi connectivity index (χ1n) is 7.61. The van der Waals surface area contributed by atoms with Crippen LogP contribution in [0.3, 0.4) is 0 Å². The van der Waals surface area contributed by atoms with Gasteiger partial charge >= 0.3 is 5.97 Å². The smallest absolute Gasteiger partial charge is 0.342 e. The van der Waals surface area contributed by atoms with Crippen molar-refractivity contribution in [3.05, 3.63) is 59.0 Å².